The Labute approximate surface area is 192 Å². The van der Waals surface area contributed by atoms with E-state index in [1.54, 1.807) is 48.6 Å². The van der Waals surface area contributed by atoms with Gasteiger partial charge in [-0.25, -0.2) is 0 Å². The number of hydrogen-bond acceptors (Lipinski definition) is 3. The van der Waals surface area contributed by atoms with Crippen LogP contribution in [0.2, 0.25) is 5.02 Å². The highest BCUT2D eigenvalue weighted by molar-refractivity contribution is 9.10. The molecule has 3 nitrogen and oxygen atoms in total. The summed E-state index contributed by atoms with van der Waals surface area (Å²) < 4.78 is 7.12. The lowest BCUT2D eigenvalue weighted by atomic mass is 9.97. The van der Waals surface area contributed by atoms with Gasteiger partial charge in [-0.2, -0.15) is 0 Å². The van der Waals surface area contributed by atoms with E-state index in [0.717, 1.165) is 15.6 Å². The van der Waals surface area contributed by atoms with Crippen molar-refractivity contribution in [3.05, 3.63) is 128 Å². The highest BCUT2D eigenvalue weighted by Crippen LogP contribution is 2.37. The van der Waals surface area contributed by atoms with Gasteiger partial charge in [0.05, 0.1) is 5.57 Å². The third kappa shape index (κ3) is 3.58. The Balaban J connectivity index is 1.69. The molecule has 0 aromatic heterocycles. The number of halogens is 2. The molecule has 1 aliphatic carbocycles. The van der Waals surface area contributed by atoms with E-state index >= 15 is 0 Å². The van der Waals surface area contributed by atoms with Crippen molar-refractivity contribution in [2.24, 2.45) is 0 Å². The maximum atomic E-state index is 13.1. The van der Waals surface area contributed by atoms with Gasteiger partial charge in [-0.05, 0) is 54.1 Å². The molecule has 3 aromatic carbocycles. The molecule has 1 aliphatic heterocycles. The summed E-state index contributed by atoms with van der Waals surface area (Å²) in [5.41, 5.74) is 3.17. The largest absolute Gasteiger partial charge is 0.456 e. The summed E-state index contributed by atoms with van der Waals surface area (Å²) in [6.07, 6.45) is 3.49. The molecule has 0 saturated carbocycles. The van der Waals surface area contributed by atoms with Crippen LogP contribution < -0.4 is 0 Å². The molecule has 0 amide bonds. The lowest BCUT2D eigenvalue weighted by molar-refractivity contribution is 0.0988. The first kappa shape index (κ1) is 19.7. The highest BCUT2D eigenvalue weighted by Gasteiger charge is 2.35. The van der Waals surface area contributed by atoms with Gasteiger partial charge < -0.3 is 4.74 Å². The van der Waals surface area contributed by atoms with Crippen LogP contribution in [0.1, 0.15) is 31.8 Å². The summed E-state index contributed by atoms with van der Waals surface area (Å²) in [5, 5.41) is 0.610. The van der Waals surface area contributed by atoms with Crippen LogP contribution in [0.15, 0.2) is 101 Å². The van der Waals surface area contributed by atoms with Gasteiger partial charge in [-0.1, -0.05) is 63.9 Å². The maximum absolute atomic E-state index is 13.1. The fraction of sp³-hybridized carbons (Fsp3) is 0. The van der Waals surface area contributed by atoms with E-state index in [2.05, 4.69) is 15.9 Å². The molecule has 0 atom stereocenters. The van der Waals surface area contributed by atoms with Gasteiger partial charge in [0.2, 0.25) is 0 Å². The van der Waals surface area contributed by atoms with Gasteiger partial charge in [0.1, 0.15) is 11.5 Å². The molecule has 5 heteroatoms. The van der Waals surface area contributed by atoms with Crippen molar-refractivity contribution in [3.8, 4) is 0 Å². The zero-order valence-corrected chi connectivity index (χ0v) is 18.4. The van der Waals surface area contributed by atoms with Crippen molar-refractivity contribution in [3.63, 3.8) is 0 Å². The first-order valence-corrected chi connectivity index (χ1v) is 10.7. The molecule has 150 valence electrons. The number of allylic oxidation sites excluding steroid dienone is 4. The normalized spacial score (nSPS) is 15.4. The van der Waals surface area contributed by atoms with Crippen LogP contribution in [-0.4, -0.2) is 11.6 Å². The molecular formula is C26H14BrClO3. The Bertz CT molecular complexity index is 1230. The Morgan fingerprint density at radius 1 is 0.677 bits per heavy atom. The van der Waals surface area contributed by atoms with E-state index in [4.69, 9.17) is 16.3 Å². The molecule has 0 spiro atoms. The second-order valence-electron chi connectivity index (χ2n) is 7.17. The van der Waals surface area contributed by atoms with Crippen molar-refractivity contribution >= 4 is 50.6 Å². The van der Waals surface area contributed by atoms with Crippen molar-refractivity contribution in [1.82, 2.24) is 0 Å². The van der Waals surface area contributed by atoms with Crippen molar-refractivity contribution in [1.29, 1.82) is 0 Å². The van der Waals surface area contributed by atoms with Crippen LogP contribution in [0.4, 0.5) is 0 Å². The number of rotatable bonds is 2. The maximum Gasteiger partial charge on any atom is 0.198 e. The Morgan fingerprint density at radius 3 is 1.68 bits per heavy atom. The van der Waals surface area contributed by atoms with Crippen molar-refractivity contribution in [2.75, 3.05) is 0 Å². The SMILES string of the molecule is O=C1C(=C2C=C(c3ccc(Cl)cc3)OC(c3ccc(Br)cc3)=C2)C(=O)c2ccccc21. The molecule has 0 N–H and O–H groups in total. The number of ether oxygens (including phenoxy) is 1. The molecular weight excluding hydrogens is 476 g/mol. The topological polar surface area (TPSA) is 43.4 Å². The number of benzene rings is 3. The zero-order chi connectivity index (χ0) is 21.5. The van der Waals surface area contributed by atoms with Crippen LogP contribution in [0.3, 0.4) is 0 Å². The number of fused-ring (bicyclic) bond motifs is 1. The highest BCUT2D eigenvalue weighted by atomic mass is 79.9. The van der Waals surface area contributed by atoms with E-state index in [1.165, 1.54) is 0 Å². The predicted octanol–water partition coefficient (Wildman–Crippen LogP) is 6.89. The minimum atomic E-state index is -0.268. The fourth-order valence-corrected chi connectivity index (χ4v) is 4.06. The number of Topliss-reactive ketones (excluding diaryl/α,β-unsaturated/α-hetero) is 2. The minimum Gasteiger partial charge on any atom is -0.456 e. The summed E-state index contributed by atoms with van der Waals surface area (Å²) >= 11 is 9.48. The zero-order valence-electron chi connectivity index (χ0n) is 16.1. The van der Waals surface area contributed by atoms with Crippen LogP contribution in [0.25, 0.3) is 11.5 Å². The summed E-state index contributed by atoms with van der Waals surface area (Å²) in [6.45, 7) is 0. The molecule has 3 aromatic rings. The first-order valence-electron chi connectivity index (χ1n) is 9.57. The second-order valence-corrected chi connectivity index (χ2v) is 8.52. The van der Waals surface area contributed by atoms with Gasteiger partial charge in [-0.15, -0.1) is 0 Å². The first-order chi connectivity index (χ1) is 15.0. The van der Waals surface area contributed by atoms with Gasteiger partial charge >= 0.3 is 0 Å². The summed E-state index contributed by atoms with van der Waals surface area (Å²) in [5.74, 6) is 0.557. The number of hydrogen-bond donors (Lipinski definition) is 0. The summed E-state index contributed by atoms with van der Waals surface area (Å²) in [4.78, 5) is 26.2. The van der Waals surface area contributed by atoms with Crippen LogP contribution in [-0.2, 0) is 4.74 Å². The second kappa shape index (κ2) is 7.80. The Hall–Kier alpha value is -3.21. The Kier molecular flexibility index (Phi) is 4.97. The summed E-state index contributed by atoms with van der Waals surface area (Å²) in [6, 6.07) is 21.8. The molecule has 5 rings (SSSR count). The van der Waals surface area contributed by atoms with Crippen LogP contribution >= 0.6 is 27.5 Å². The molecule has 0 radical (unpaired) electrons. The van der Waals surface area contributed by atoms with E-state index in [1.807, 2.05) is 36.4 Å². The molecule has 0 bridgehead atoms. The van der Waals surface area contributed by atoms with Crippen molar-refractivity contribution < 1.29 is 14.3 Å². The smallest absolute Gasteiger partial charge is 0.198 e. The number of ketones is 2. The predicted molar refractivity (Wildman–Crippen MR) is 125 cm³/mol. The van der Waals surface area contributed by atoms with Crippen LogP contribution in [0, 0.1) is 0 Å². The third-order valence-corrected chi connectivity index (χ3v) is 5.99. The van der Waals surface area contributed by atoms with Gasteiger partial charge in [0.25, 0.3) is 0 Å². The average molecular weight is 490 g/mol. The minimum absolute atomic E-state index is 0.158. The lowest BCUT2D eigenvalue weighted by Crippen LogP contribution is -2.08. The monoisotopic (exact) mass is 488 g/mol. The standard InChI is InChI=1S/C26H14BrClO3/c27-18-9-5-15(6-10-18)22-13-17(14-23(31-22)16-7-11-19(28)12-8-16)24-25(29)20-3-1-2-4-21(20)26(24)30/h1-14H. The molecule has 2 aliphatic rings. The average Bonchev–Trinajstić information content (AvgIpc) is 3.05. The van der Waals surface area contributed by atoms with E-state index < -0.39 is 0 Å². The third-order valence-electron chi connectivity index (χ3n) is 5.21. The molecule has 31 heavy (non-hydrogen) atoms. The quantitative estimate of drug-likeness (QED) is 0.291. The Morgan fingerprint density at radius 2 is 1.16 bits per heavy atom. The van der Waals surface area contributed by atoms with Gasteiger partial charge in [-0.3, -0.25) is 9.59 Å². The summed E-state index contributed by atoms with van der Waals surface area (Å²) in [7, 11) is 0. The van der Waals surface area contributed by atoms with E-state index in [-0.39, 0.29) is 17.1 Å². The molecule has 0 saturated heterocycles. The molecule has 0 unspecified atom stereocenters. The van der Waals surface area contributed by atoms with E-state index in [9.17, 15) is 9.59 Å². The number of carbonyl (C=O) groups is 2. The lowest BCUT2D eigenvalue weighted by Gasteiger charge is -2.20. The van der Waals surface area contributed by atoms with Crippen LogP contribution in [0.5, 0.6) is 0 Å². The fourth-order valence-electron chi connectivity index (χ4n) is 3.67. The van der Waals surface area contributed by atoms with Gasteiger partial charge in [0, 0.05) is 31.7 Å². The molecule has 1 heterocycles. The van der Waals surface area contributed by atoms with E-state index in [0.29, 0.717) is 33.2 Å². The van der Waals surface area contributed by atoms with Gasteiger partial charge in [0.15, 0.2) is 11.6 Å². The van der Waals surface area contributed by atoms with Crippen molar-refractivity contribution in [2.45, 2.75) is 0 Å². The molecule has 0 fully saturated rings. The number of carbonyl (C=O) groups excluding carboxylic acids is 2.